The van der Waals surface area contributed by atoms with E-state index in [0.717, 1.165) is 36.1 Å². The lowest BCUT2D eigenvalue weighted by atomic mass is 9.93. The summed E-state index contributed by atoms with van der Waals surface area (Å²) in [7, 11) is 1.65. The minimum absolute atomic E-state index is 0.00967. The molecule has 4 rings (SSSR count). The van der Waals surface area contributed by atoms with Crippen molar-refractivity contribution < 1.29 is 14.3 Å². The Morgan fingerprint density at radius 3 is 2.53 bits per heavy atom. The monoisotopic (exact) mass is 530 g/mol. The minimum atomic E-state index is -0.184. The van der Waals surface area contributed by atoms with Crippen molar-refractivity contribution in [3.05, 3.63) is 99.8 Å². The Kier molecular flexibility index (Phi) is 9.77. The quantitative estimate of drug-likeness (QED) is 0.194. The molecular formula is C32H38N2O3S. The molecule has 0 aliphatic carbocycles. The fourth-order valence-electron chi connectivity index (χ4n) is 5.11. The lowest BCUT2D eigenvalue weighted by molar-refractivity contribution is -0.133. The largest absolute Gasteiger partial charge is 0.497 e. The van der Waals surface area contributed by atoms with Gasteiger partial charge in [-0.15, -0.1) is 17.9 Å². The number of thiophene rings is 1. The third-order valence-electron chi connectivity index (χ3n) is 7.20. The summed E-state index contributed by atoms with van der Waals surface area (Å²) in [6.07, 6.45) is 8.39. The molecule has 0 unspecified atom stereocenters. The van der Waals surface area contributed by atoms with E-state index < -0.39 is 0 Å². The number of nitrogens with zero attached hydrogens (tertiary/aromatic N) is 2. The number of ether oxygens (including phenoxy) is 1. The van der Waals surface area contributed by atoms with E-state index in [2.05, 4.69) is 24.9 Å². The highest BCUT2D eigenvalue weighted by Gasteiger charge is 2.34. The molecule has 1 aliphatic rings. The van der Waals surface area contributed by atoms with Crippen LogP contribution in [0.15, 0.2) is 72.6 Å². The first-order valence-corrected chi connectivity index (χ1v) is 14.4. The van der Waals surface area contributed by atoms with Crippen LogP contribution in [0.5, 0.6) is 5.75 Å². The Morgan fingerprint density at radius 1 is 1.08 bits per heavy atom. The first-order valence-electron chi connectivity index (χ1n) is 13.5. The fraction of sp³-hybridized carbons (Fsp3) is 0.375. The summed E-state index contributed by atoms with van der Waals surface area (Å²) in [4.78, 5) is 32.0. The fourth-order valence-corrected chi connectivity index (χ4v) is 6.02. The van der Waals surface area contributed by atoms with Crippen LogP contribution >= 0.6 is 11.3 Å². The minimum Gasteiger partial charge on any atom is -0.497 e. The molecule has 0 spiro atoms. The average Bonchev–Trinajstić information content (AvgIpc) is 3.44. The highest BCUT2D eigenvalue weighted by atomic mass is 32.1. The first kappa shape index (κ1) is 27.6. The molecule has 200 valence electrons. The molecule has 5 nitrogen and oxygen atoms in total. The first-order chi connectivity index (χ1) is 18.5. The molecule has 0 N–H and O–H groups in total. The molecule has 2 amide bonds. The summed E-state index contributed by atoms with van der Waals surface area (Å²) < 4.78 is 5.34. The molecule has 6 heteroatoms. The molecule has 1 atom stereocenters. The lowest BCUT2D eigenvalue weighted by Gasteiger charge is -2.37. The Labute approximate surface area is 230 Å². The molecule has 0 bridgehead atoms. The summed E-state index contributed by atoms with van der Waals surface area (Å²) in [5, 5.41) is 2.09. The van der Waals surface area contributed by atoms with E-state index in [4.69, 9.17) is 4.74 Å². The van der Waals surface area contributed by atoms with E-state index in [0.29, 0.717) is 18.7 Å². The second-order valence-corrected chi connectivity index (χ2v) is 10.8. The van der Waals surface area contributed by atoms with Crippen molar-refractivity contribution >= 4 is 23.2 Å². The molecule has 1 aromatic heterocycles. The maximum absolute atomic E-state index is 13.8. The van der Waals surface area contributed by atoms with Crippen molar-refractivity contribution in [1.29, 1.82) is 0 Å². The molecule has 1 aliphatic heterocycles. The van der Waals surface area contributed by atoms with Gasteiger partial charge in [-0.3, -0.25) is 9.59 Å². The van der Waals surface area contributed by atoms with Crippen molar-refractivity contribution in [3.8, 4) is 5.75 Å². The number of carbonyl (C=O) groups excluding carboxylic acids is 2. The Morgan fingerprint density at radius 2 is 1.84 bits per heavy atom. The van der Waals surface area contributed by atoms with Crippen LogP contribution in [0.2, 0.25) is 0 Å². The number of fused-ring (bicyclic) bond motifs is 1. The van der Waals surface area contributed by atoms with E-state index in [9.17, 15) is 9.59 Å². The Balaban J connectivity index is 1.50. The van der Waals surface area contributed by atoms with Gasteiger partial charge in [0.2, 0.25) is 5.91 Å². The van der Waals surface area contributed by atoms with Gasteiger partial charge < -0.3 is 14.5 Å². The van der Waals surface area contributed by atoms with Gasteiger partial charge >= 0.3 is 0 Å². The second-order valence-electron chi connectivity index (χ2n) is 9.79. The molecule has 38 heavy (non-hydrogen) atoms. The van der Waals surface area contributed by atoms with Crippen molar-refractivity contribution in [1.82, 2.24) is 9.80 Å². The molecule has 2 heterocycles. The number of benzene rings is 2. The maximum atomic E-state index is 13.8. The summed E-state index contributed by atoms with van der Waals surface area (Å²) in [6.45, 7) is 6.98. The summed E-state index contributed by atoms with van der Waals surface area (Å²) in [5.74, 6) is 0.568. The van der Waals surface area contributed by atoms with Crippen molar-refractivity contribution in [2.75, 3.05) is 26.7 Å². The Hall–Kier alpha value is -3.38. The van der Waals surface area contributed by atoms with Gasteiger partial charge in [0.1, 0.15) is 12.3 Å². The van der Waals surface area contributed by atoms with Gasteiger partial charge in [-0.2, -0.15) is 0 Å². The lowest BCUT2D eigenvalue weighted by Crippen LogP contribution is -2.46. The molecule has 3 aromatic rings. The van der Waals surface area contributed by atoms with Crippen LogP contribution in [0, 0.1) is 0 Å². The number of methoxy groups -OCH3 is 1. The summed E-state index contributed by atoms with van der Waals surface area (Å²) in [6, 6.07) is 17.7. The van der Waals surface area contributed by atoms with Gasteiger partial charge in [-0.25, -0.2) is 0 Å². The highest BCUT2D eigenvalue weighted by Crippen LogP contribution is 2.38. The number of carbonyl (C=O) groups is 2. The molecule has 0 saturated heterocycles. The normalized spacial score (nSPS) is 14.6. The number of aryl methyl sites for hydroxylation is 1. The number of rotatable bonds is 12. The number of unbranched alkanes of at least 4 members (excludes halogenated alkanes) is 3. The number of hydrogen-bond acceptors (Lipinski definition) is 4. The zero-order chi connectivity index (χ0) is 26.9. The predicted octanol–water partition coefficient (Wildman–Crippen LogP) is 6.68. The van der Waals surface area contributed by atoms with Crippen molar-refractivity contribution in [3.63, 3.8) is 0 Å². The van der Waals surface area contributed by atoms with Crippen LogP contribution in [0.1, 0.15) is 70.6 Å². The zero-order valence-electron chi connectivity index (χ0n) is 22.5. The van der Waals surface area contributed by atoms with Crippen LogP contribution in [-0.4, -0.2) is 48.4 Å². The van der Waals surface area contributed by atoms with Crippen LogP contribution in [0.4, 0.5) is 0 Å². The molecule has 2 aromatic carbocycles. The van der Waals surface area contributed by atoms with Crippen molar-refractivity contribution in [2.24, 2.45) is 0 Å². The maximum Gasteiger partial charge on any atom is 0.254 e. The van der Waals surface area contributed by atoms with Gasteiger partial charge in [-0.05, 0) is 71.7 Å². The average molecular weight is 531 g/mol. The highest BCUT2D eigenvalue weighted by molar-refractivity contribution is 7.10. The standard InChI is InChI=1S/C32H38N2O3S/c1-4-6-7-8-9-24-10-12-26(13-11-24)32(36)33(20-5-2)23-30(35)34-21-18-29-28(19-22-38-29)31(34)25-14-16-27(37-3)17-15-25/h5,10-17,19,22,31H,2,4,6-9,18,20-21,23H2,1,3H3/t31-/m0/s1. The molecule has 0 fully saturated rings. The third-order valence-corrected chi connectivity index (χ3v) is 8.20. The predicted molar refractivity (Wildman–Crippen MR) is 155 cm³/mol. The summed E-state index contributed by atoms with van der Waals surface area (Å²) >= 11 is 1.74. The third kappa shape index (κ3) is 6.54. The van der Waals surface area contributed by atoms with Gasteiger partial charge in [0.25, 0.3) is 5.91 Å². The SMILES string of the molecule is C=CCN(CC(=O)N1CCc2sccc2[C@@H]1c1ccc(OC)cc1)C(=O)c1ccc(CCCCCC)cc1. The van der Waals surface area contributed by atoms with Crippen molar-refractivity contribution in [2.45, 2.75) is 51.5 Å². The zero-order valence-corrected chi connectivity index (χ0v) is 23.3. The van der Waals surface area contributed by atoms with E-state index in [-0.39, 0.29) is 24.4 Å². The van der Waals surface area contributed by atoms with Gasteiger partial charge in [-0.1, -0.05) is 56.5 Å². The van der Waals surface area contributed by atoms with E-state index >= 15 is 0 Å². The topological polar surface area (TPSA) is 49.9 Å². The van der Waals surface area contributed by atoms with Crippen LogP contribution in [-0.2, 0) is 17.6 Å². The van der Waals surface area contributed by atoms with Gasteiger partial charge in [0, 0.05) is 23.5 Å². The molecular weight excluding hydrogens is 492 g/mol. The van der Waals surface area contributed by atoms with Gasteiger partial charge in [0.15, 0.2) is 0 Å². The van der Waals surface area contributed by atoms with E-state index in [1.165, 1.54) is 29.7 Å². The second kappa shape index (κ2) is 13.4. The smallest absolute Gasteiger partial charge is 0.254 e. The summed E-state index contributed by atoms with van der Waals surface area (Å²) in [5.41, 5.74) is 4.04. The van der Waals surface area contributed by atoms with E-state index in [1.54, 1.807) is 29.4 Å². The molecule has 0 saturated carbocycles. The van der Waals surface area contributed by atoms with Gasteiger partial charge in [0.05, 0.1) is 13.2 Å². The van der Waals surface area contributed by atoms with Crippen LogP contribution in [0.3, 0.4) is 0 Å². The van der Waals surface area contributed by atoms with E-state index in [1.807, 2.05) is 53.4 Å². The number of amides is 2. The number of hydrogen-bond donors (Lipinski definition) is 0. The molecule has 0 radical (unpaired) electrons. The Bertz CT molecular complexity index is 1220. The van der Waals surface area contributed by atoms with Crippen LogP contribution in [0.25, 0.3) is 0 Å². The van der Waals surface area contributed by atoms with Crippen LogP contribution < -0.4 is 4.74 Å².